The van der Waals surface area contributed by atoms with Gasteiger partial charge >= 0.3 is 0 Å². The van der Waals surface area contributed by atoms with Crippen molar-refractivity contribution < 1.29 is 9.53 Å². The van der Waals surface area contributed by atoms with Crippen molar-refractivity contribution in [2.24, 2.45) is 0 Å². The molecule has 0 spiro atoms. The van der Waals surface area contributed by atoms with E-state index in [9.17, 15) is 4.79 Å². The number of hydrogen-bond donors (Lipinski definition) is 1. The summed E-state index contributed by atoms with van der Waals surface area (Å²) in [6.07, 6.45) is 8.09. The molecule has 1 fully saturated rings. The minimum atomic E-state index is -0.134. The number of thioether (sulfide) groups is 1. The van der Waals surface area contributed by atoms with Crippen LogP contribution in [0.2, 0.25) is 0 Å². The molecule has 1 heterocycles. The molecule has 146 valence electrons. The van der Waals surface area contributed by atoms with Gasteiger partial charge in [0.05, 0.1) is 4.91 Å². The van der Waals surface area contributed by atoms with Crippen molar-refractivity contribution in [3.8, 4) is 5.75 Å². The van der Waals surface area contributed by atoms with Gasteiger partial charge in [-0.1, -0.05) is 86.6 Å². The predicted molar refractivity (Wildman–Crippen MR) is 121 cm³/mol. The highest BCUT2D eigenvalue weighted by Gasteiger charge is 2.21. The summed E-state index contributed by atoms with van der Waals surface area (Å²) in [5, 5.41) is 2.62. The van der Waals surface area contributed by atoms with Crippen LogP contribution in [0.25, 0.3) is 6.08 Å². The summed E-state index contributed by atoms with van der Waals surface area (Å²) in [6.45, 7) is 2.79. The van der Waals surface area contributed by atoms with E-state index in [-0.39, 0.29) is 5.91 Å². The molecule has 0 unspecified atom stereocenters. The third kappa shape index (κ3) is 6.21. The molecular weight excluding hydrogens is 386 g/mol. The monoisotopic (exact) mass is 411 g/mol. The first-order valence-corrected chi connectivity index (χ1v) is 10.9. The summed E-state index contributed by atoms with van der Waals surface area (Å²) in [7, 11) is 0. The molecule has 0 saturated carbocycles. The second kappa shape index (κ2) is 10.4. The van der Waals surface area contributed by atoms with Crippen molar-refractivity contribution in [3.63, 3.8) is 0 Å². The lowest BCUT2D eigenvalue weighted by molar-refractivity contribution is -0.115. The zero-order valence-corrected chi connectivity index (χ0v) is 17.7. The molecule has 1 amide bonds. The van der Waals surface area contributed by atoms with Gasteiger partial charge in [-0.05, 0) is 47.7 Å². The van der Waals surface area contributed by atoms with E-state index in [2.05, 4.69) is 36.5 Å². The summed E-state index contributed by atoms with van der Waals surface area (Å²) in [6, 6.07) is 16.4. The zero-order chi connectivity index (χ0) is 19.8. The normalized spacial score (nSPS) is 15.1. The van der Waals surface area contributed by atoms with E-state index in [0.29, 0.717) is 15.8 Å². The summed E-state index contributed by atoms with van der Waals surface area (Å²) in [5.74, 6) is 0.680. The maximum atomic E-state index is 11.7. The van der Waals surface area contributed by atoms with E-state index in [1.165, 1.54) is 48.6 Å². The van der Waals surface area contributed by atoms with Gasteiger partial charge in [0.15, 0.2) is 0 Å². The van der Waals surface area contributed by atoms with Crippen molar-refractivity contribution in [2.75, 3.05) is 0 Å². The third-order valence-corrected chi connectivity index (χ3v) is 5.70. The Balaban J connectivity index is 1.53. The zero-order valence-electron chi connectivity index (χ0n) is 16.1. The third-order valence-electron chi connectivity index (χ3n) is 4.54. The fourth-order valence-corrected chi connectivity index (χ4v) is 4.07. The summed E-state index contributed by atoms with van der Waals surface area (Å²) >= 11 is 6.30. The Morgan fingerprint density at radius 2 is 1.86 bits per heavy atom. The molecule has 3 nitrogen and oxygen atoms in total. The Kier molecular flexibility index (Phi) is 7.69. The molecule has 28 heavy (non-hydrogen) atoms. The highest BCUT2D eigenvalue weighted by Crippen LogP contribution is 2.26. The molecule has 2 aromatic carbocycles. The predicted octanol–water partition coefficient (Wildman–Crippen LogP) is 5.88. The van der Waals surface area contributed by atoms with Gasteiger partial charge in [-0.25, -0.2) is 0 Å². The number of rotatable bonds is 9. The quantitative estimate of drug-likeness (QED) is 0.318. The van der Waals surface area contributed by atoms with Gasteiger partial charge in [-0.3, -0.25) is 4.79 Å². The topological polar surface area (TPSA) is 38.3 Å². The van der Waals surface area contributed by atoms with Crippen LogP contribution in [0.4, 0.5) is 0 Å². The molecule has 2 aromatic rings. The highest BCUT2D eigenvalue weighted by molar-refractivity contribution is 8.26. The maximum Gasteiger partial charge on any atom is 0.263 e. The van der Waals surface area contributed by atoms with Gasteiger partial charge in [0.2, 0.25) is 0 Å². The number of thiocarbonyl (C=S) groups is 1. The van der Waals surface area contributed by atoms with Crippen LogP contribution < -0.4 is 10.1 Å². The Labute approximate surface area is 176 Å². The van der Waals surface area contributed by atoms with Crippen molar-refractivity contribution in [1.82, 2.24) is 5.32 Å². The molecule has 1 N–H and O–H groups in total. The summed E-state index contributed by atoms with van der Waals surface area (Å²) in [5.41, 5.74) is 3.51. The van der Waals surface area contributed by atoms with Crippen molar-refractivity contribution in [3.05, 3.63) is 70.1 Å². The van der Waals surface area contributed by atoms with Gasteiger partial charge in [-0.2, -0.15) is 0 Å². The van der Waals surface area contributed by atoms with Crippen LogP contribution in [0.3, 0.4) is 0 Å². The number of nitrogens with one attached hydrogen (secondary N) is 1. The van der Waals surface area contributed by atoms with Crippen LogP contribution in [0.1, 0.15) is 49.3 Å². The van der Waals surface area contributed by atoms with Gasteiger partial charge in [0, 0.05) is 0 Å². The molecule has 0 bridgehead atoms. The van der Waals surface area contributed by atoms with E-state index >= 15 is 0 Å². The van der Waals surface area contributed by atoms with Crippen LogP contribution in [0.15, 0.2) is 53.4 Å². The SMILES string of the molecule is CCCCCCc1cccc(COc2ccc(/C=C3\SC(=S)NC3=O)cc2)c1. The molecule has 0 aromatic heterocycles. The first-order chi connectivity index (χ1) is 13.6. The lowest BCUT2D eigenvalue weighted by Crippen LogP contribution is -2.17. The van der Waals surface area contributed by atoms with Crippen LogP contribution in [-0.4, -0.2) is 10.2 Å². The van der Waals surface area contributed by atoms with Crippen LogP contribution >= 0.6 is 24.0 Å². The van der Waals surface area contributed by atoms with Crippen molar-refractivity contribution >= 4 is 40.3 Å². The molecule has 1 saturated heterocycles. The smallest absolute Gasteiger partial charge is 0.263 e. The molecule has 1 aliphatic heterocycles. The molecule has 5 heteroatoms. The number of carbonyl (C=O) groups is 1. The Bertz CT molecular complexity index is 859. The number of amides is 1. The van der Waals surface area contributed by atoms with Gasteiger partial charge in [0.1, 0.15) is 16.7 Å². The Morgan fingerprint density at radius 1 is 1.07 bits per heavy atom. The van der Waals surface area contributed by atoms with E-state index in [1.807, 2.05) is 30.3 Å². The molecule has 1 aliphatic rings. The number of aryl methyl sites for hydroxylation is 1. The fraction of sp³-hybridized carbons (Fsp3) is 0.304. The molecule has 0 atom stereocenters. The van der Waals surface area contributed by atoms with Crippen molar-refractivity contribution in [1.29, 1.82) is 0 Å². The summed E-state index contributed by atoms with van der Waals surface area (Å²) < 4.78 is 6.43. The van der Waals surface area contributed by atoms with Crippen LogP contribution in [0.5, 0.6) is 5.75 Å². The highest BCUT2D eigenvalue weighted by atomic mass is 32.2. The van der Waals surface area contributed by atoms with Gasteiger partial charge < -0.3 is 10.1 Å². The van der Waals surface area contributed by atoms with E-state index in [0.717, 1.165) is 17.7 Å². The minimum absolute atomic E-state index is 0.134. The number of ether oxygens (including phenoxy) is 1. The largest absolute Gasteiger partial charge is 0.489 e. The standard InChI is InChI=1S/C23H25NO2S2/c1-2-3-4-5-7-17-8-6-9-19(14-17)16-26-20-12-10-18(11-13-20)15-21-22(25)24-23(27)28-21/h6,8-15H,2-5,7,16H2,1H3,(H,24,25,27)/b21-15-. The van der Waals surface area contributed by atoms with Crippen molar-refractivity contribution in [2.45, 2.75) is 45.6 Å². The van der Waals surface area contributed by atoms with Gasteiger partial charge in [0.25, 0.3) is 5.91 Å². The lowest BCUT2D eigenvalue weighted by atomic mass is 10.0. The van der Waals surface area contributed by atoms with Gasteiger partial charge in [-0.15, -0.1) is 0 Å². The van der Waals surface area contributed by atoms with Crippen LogP contribution in [-0.2, 0) is 17.8 Å². The average molecular weight is 412 g/mol. The number of benzene rings is 2. The first-order valence-electron chi connectivity index (χ1n) is 9.69. The molecule has 0 radical (unpaired) electrons. The lowest BCUT2D eigenvalue weighted by Gasteiger charge is -2.08. The minimum Gasteiger partial charge on any atom is -0.489 e. The number of carbonyl (C=O) groups excluding carboxylic acids is 1. The number of unbranched alkanes of at least 4 members (excludes halogenated alkanes) is 3. The molecule has 0 aliphatic carbocycles. The van der Waals surface area contributed by atoms with Crippen LogP contribution in [0, 0.1) is 0 Å². The number of hydrogen-bond acceptors (Lipinski definition) is 4. The van der Waals surface area contributed by atoms with E-state index in [1.54, 1.807) is 0 Å². The Hall–Kier alpha value is -2.11. The maximum absolute atomic E-state index is 11.7. The summed E-state index contributed by atoms with van der Waals surface area (Å²) in [4.78, 5) is 12.3. The molecular formula is C23H25NO2S2. The van der Waals surface area contributed by atoms with E-state index < -0.39 is 0 Å². The second-order valence-corrected chi connectivity index (χ2v) is 8.56. The fourth-order valence-electron chi connectivity index (χ4n) is 3.03. The van der Waals surface area contributed by atoms with E-state index in [4.69, 9.17) is 17.0 Å². The molecule has 3 rings (SSSR count). The first kappa shape index (κ1) is 20.6. The second-order valence-electron chi connectivity index (χ2n) is 6.84. The average Bonchev–Trinajstić information content (AvgIpc) is 3.02. The Morgan fingerprint density at radius 3 is 2.57 bits per heavy atom.